The average Bonchev–Trinajstić information content (AvgIpc) is 2.76. The fourth-order valence-electron chi connectivity index (χ4n) is 1.38. The quantitative estimate of drug-likeness (QED) is 0.495. The van der Waals surface area contributed by atoms with Crippen LogP contribution in [0.3, 0.4) is 0 Å². The van der Waals surface area contributed by atoms with Crippen molar-refractivity contribution in [2.45, 2.75) is 18.5 Å². The Labute approximate surface area is 110 Å². The van der Waals surface area contributed by atoms with E-state index in [1.807, 2.05) is 17.4 Å². The molecule has 0 atom stereocenters. The van der Waals surface area contributed by atoms with Gasteiger partial charge in [0.25, 0.3) is 0 Å². The maximum atomic E-state index is 4.17. The molecule has 3 nitrogen and oxygen atoms in total. The van der Waals surface area contributed by atoms with Gasteiger partial charge in [-0.05, 0) is 30.0 Å². The van der Waals surface area contributed by atoms with Gasteiger partial charge >= 0.3 is 0 Å². The zero-order valence-corrected chi connectivity index (χ0v) is 11.4. The van der Waals surface area contributed by atoms with Gasteiger partial charge in [0, 0.05) is 29.9 Å². The molecule has 0 amide bonds. The molecule has 17 heavy (non-hydrogen) atoms. The van der Waals surface area contributed by atoms with Crippen molar-refractivity contribution in [1.82, 2.24) is 15.3 Å². The minimum absolute atomic E-state index is 0.966. The Kier molecular flexibility index (Phi) is 4.97. The van der Waals surface area contributed by atoms with Crippen LogP contribution in [0, 0.1) is 6.92 Å². The zero-order valence-electron chi connectivity index (χ0n) is 9.72. The molecule has 0 aliphatic carbocycles. The van der Waals surface area contributed by atoms with Gasteiger partial charge < -0.3 is 5.32 Å². The molecule has 0 aliphatic rings. The number of thioether (sulfide) groups is 1. The van der Waals surface area contributed by atoms with E-state index in [0.717, 1.165) is 23.9 Å². The monoisotopic (exact) mass is 265 g/mol. The summed E-state index contributed by atoms with van der Waals surface area (Å²) in [7, 11) is 0. The minimum Gasteiger partial charge on any atom is -0.311 e. The maximum Gasteiger partial charge on any atom is 0.116 e. The van der Waals surface area contributed by atoms with Gasteiger partial charge in [-0.2, -0.15) is 0 Å². The summed E-state index contributed by atoms with van der Waals surface area (Å²) in [5, 5.41) is 6.62. The molecule has 0 saturated heterocycles. The number of nitrogens with one attached hydrogen (secondary N) is 1. The van der Waals surface area contributed by atoms with Crippen molar-refractivity contribution >= 4 is 23.1 Å². The Morgan fingerprint density at radius 3 is 3.06 bits per heavy atom. The van der Waals surface area contributed by atoms with Crippen molar-refractivity contribution in [3.05, 3.63) is 40.5 Å². The van der Waals surface area contributed by atoms with Crippen LogP contribution in [0.2, 0.25) is 0 Å². The third-order valence-corrected chi connectivity index (χ3v) is 4.31. The highest BCUT2D eigenvalue weighted by atomic mass is 32.2. The summed E-state index contributed by atoms with van der Waals surface area (Å²) in [6.45, 7) is 4.11. The molecule has 2 heterocycles. The standard InChI is InChI=1S/C12H15N3S2/c1-10-3-6-16-11(10)8-13-5-7-17-12-2-4-14-9-15-12/h2-4,6,9,13H,5,7-8H2,1H3. The molecule has 90 valence electrons. The molecule has 2 aromatic heterocycles. The number of aryl methyl sites for hydroxylation is 1. The van der Waals surface area contributed by atoms with Crippen LogP contribution in [-0.2, 0) is 6.54 Å². The Balaban J connectivity index is 1.63. The highest BCUT2D eigenvalue weighted by Crippen LogP contribution is 2.15. The van der Waals surface area contributed by atoms with Gasteiger partial charge in [0.1, 0.15) is 6.33 Å². The summed E-state index contributed by atoms with van der Waals surface area (Å²) < 4.78 is 0. The van der Waals surface area contributed by atoms with Crippen LogP contribution in [0.15, 0.2) is 35.1 Å². The molecule has 0 aliphatic heterocycles. The summed E-state index contributed by atoms with van der Waals surface area (Å²) >= 11 is 3.57. The minimum atomic E-state index is 0.966. The van der Waals surface area contributed by atoms with Crippen molar-refractivity contribution in [2.75, 3.05) is 12.3 Å². The third kappa shape index (κ3) is 4.11. The van der Waals surface area contributed by atoms with Gasteiger partial charge in [0.2, 0.25) is 0 Å². The second-order valence-corrected chi connectivity index (χ2v) is 5.72. The number of aromatic nitrogens is 2. The van der Waals surface area contributed by atoms with Gasteiger partial charge in [-0.25, -0.2) is 9.97 Å². The largest absolute Gasteiger partial charge is 0.311 e. The van der Waals surface area contributed by atoms with Crippen LogP contribution < -0.4 is 5.32 Å². The lowest BCUT2D eigenvalue weighted by molar-refractivity contribution is 0.738. The van der Waals surface area contributed by atoms with Gasteiger partial charge in [-0.3, -0.25) is 0 Å². The van der Waals surface area contributed by atoms with E-state index in [0.29, 0.717) is 0 Å². The molecule has 2 aromatic rings. The summed E-state index contributed by atoms with van der Waals surface area (Å²) in [6.07, 6.45) is 3.36. The van der Waals surface area contributed by atoms with Crippen molar-refractivity contribution in [3.8, 4) is 0 Å². The van der Waals surface area contributed by atoms with Crippen LogP contribution in [-0.4, -0.2) is 22.3 Å². The summed E-state index contributed by atoms with van der Waals surface area (Å²) in [4.78, 5) is 9.49. The van der Waals surface area contributed by atoms with E-state index in [-0.39, 0.29) is 0 Å². The normalized spacial score (nSPS) is 10.6. The molecular weight excluding hydrogens is 250 g/mol. The Morgan fingerprint density at radius 2 is 2.35 bits per heavy atom. The van der Waals surface area contributed by atoms with Gasteiger partial charge in [0.15, 0.2) is 0 Å². The summed E-state index contributed by atoms with van der Waals surface area (Å²) in [5.74, 6) is 1.03. The lowest BCUT2D eigenvalue weighted by Crippen LogP contribution is -2.16. The summed E-state index contributed by atoms with van der Waals surface area (Å²) in [6, 6.07) is 4.10. The first kappa shape index (κ1) is 12.5. The zero-order chi connectivity index (χ0) is 11.9. The van der Waals surface area contributed by atoms with Crippen molar-refractivity contribution in [2.24, 2.45) is 0 Å². The molecule has 2 rings (SSSR count). The fraction of sp³-hybridized carbons (Fsp3) is 0.333. The second-order valence-electron chi connectivity index (χ2n) is 3.60. The van der Waals surface area contributed by atoms with Crippen molar-refractivity contribution in [3.63, 3.8) is 0 Å². The van der Waals surface area contributed by atoms with E-state index in [4.69, 9.17) is 0 Å². The van der Waals surface area contributed by atoms with Crippen molar-refractivity contribution in [1.29, 1.82) is 0 Å². The predicted octanol–water partition coefficient (Wildman–Crippen LogP) is 2.73. The van der Waals surface area contributed by atoms with Crippen LogP contribution in [0.5, 0.6) is 0 Å². The molecule has 0 fully saturated rings. The van der Waals surface area contributed by atoms with Crippen LogP contribution in [0.4, 0.5) is 0 Å². The Bertz CT molecular complexity index is 442. The van der Waals surface area contributed by atoms with Gasteiger partial charge in [0.05, 0.1) is 5.03 Å². The van der Waals surface area contributed by atoms with Crippen LogP contribution in [0.25, 0.3) is 0 Å². The molecule has 5 heteroatoms. The van der Waals surface area contributed by atoms with Gasteiger partial charge in [-0.15, -0.1) is 23.1 Å². The van der Waals surface area contributed by atoms with Crippen molar-refractivity contribution < 1.29 is 0 Å². The maximum absolute atomic E-state index is 4.17. The number of rotatable bonds is 6. The van der Waals surface area contributed by atoms with E-state index < -0.39 is 0 Å². The van der Waals surface area contributed by atoms with E-state index in [1.54, 1.807) is 24.3 Å². The molecule has 0 bridgehead atoms. The SMILES string of the molecule is Cc1ccsc1CNCCSc1ccncn1. The first-order chi connectivity index (χ1) is 8.36. The topological polar surface area (TPSA) is 37.8 Å². The molecule has 0 aromatic carbocycles. The number of hydrogen-bond acceptors (Lipinski definition) is 5. The number of thiophene rings is 1. The smallest absolute Gasteiger partial charge is 0.116 e. The molecule has 1 N–H and O–H groups in total. The molecule has 0 saturated carbocycles. The Morgan fingerprint density at radius 1 is 1.41 bits per heavy atom. The van der Waals surface area contributed by atoms with E-state index >= 15 is 0 Å². The fourth-order valence-corrected chi connectivity index (χ4v) is 2.99. The number of nitrogens with zero attached hydrogens (tertiary/aromatic N) is 2. The Hall–Kier alpha value is -0.910. The third-order valence-electron chi connectivity index (χ3n) is 2.34. The van der Waals surface area contributed by atoms with Crippen LogP contribution in [0.1, 0.15) is 10.4 Å². The first-order valence-corrected chi connectivity index (χ1v) is 7.35. The lowest BCUT2D eigenvalue weighted by atomic mass is 10.3. The molecular formula is C12H15N3S2. The molecule has 0 radical (unpaired) electrons. The van der Waals surface area contributed by atoms with E-state index in [1.165, 1.54) is 10.4 Å². The first-order valence-electron chi connectivity index (χ1n) is 5.49. The van der Waals surface area contributed by atoms with E-state index in [9.17, 15) is 0 Å². The highest BCUT2D eigenvalue weighted by Gasteiger charge is 1.99. The average molecular weight is 265 g/mol. The number of hydrogen-bond donors (Lipinski definition) is 1. The highest BCUT2D eigenvalue weighted by molar-refractivity contribution is 7.99. The summed E-state index contributed by atoms with van der Waals surface area (Å²) in [5.41, 5.74) is 1.38. The van der Waals surface area contributed by atoms with Gasteiger partial charge in [-0.1, -0.05) is 0 Å². The lowest BCUT2D eigenvalue weighted by Gasteiger charge is -2.03. The molecule has 0 unspecified atom stereocenters. The van der Waals surface area contributed by atoms with Crippen LogP contribution >= 0.6 is 23.1 Å². The van der Waals surface area contributed by atoms with E-state index in [2.05, 4.69) is 33.7 Å². The predicted molar refractivity (Wildman–Crippen MR) is 73.5 cm³/mol. The molecule has 0 spiro atoms. The second kappa shape index (κ2) is 6.74.